The topological polar surface area (TPSA) is 63.7 Å². The average Bonchev–Trinajstić information content (AvgIpc) is 2.86. The van der Waals surface area contributed by atoms with Crippen molar-refractivity contribution in [3.63, 3.8) is 0 Å². The van der Waals surface area contributed by atoms with Crippen LogP contribution in [0.2, 0.25) is 0 Å². The number of rotatable bonds is 4. The number of benzene rings is 2. The molecule has 1 unspecified atom stereocenters. The van der Waals surface area contributed by atoms with Gasteiger partial charge in [-0.3, -0.25) is 19.3 Å². The summed E-state index contributed by atoms with van der Waals surface area (Å²) in [6.07, 6.45) is 0. The van der Waals surface area contributed by atoms with Crippen LogP contribution in [0.25, 0.3) is 0 Å². The number of hydrogen-bond acceptors (Lipinski definition) is 4. The second kappa shape index (κ2) is 6.28. The van der Waals surface area contributed by atoms with Crippen LogP contribution in [0.5, 0.6) is 0 Å². The fourth-order valence-electron chi connectivity index (χ4n) is 2.76. The molecule has 0 aromatic heterocycles. The zero-order valence-corrected chi connectivity index (χ0v) is 13.5. The lowest BCUT2D eigenvalue weighted by Crippen LogP contribution is -2.24. The first-order valence-corrected chi connectivity index (χ1v) is 7.79. The van der Waals surface area contributed by atoms with E-state index in [1.165, 1.54) is 4.90 Å². The van der Waals surface area contributed by atoms with Crippen LogP contribution in [-0.4, -0.2) is 24.3 Å². The third-order valence-corrected chi connectivity index (χ3v) is 4.06. The molecule has 2 aromatic carbocycles. The summed E-state index contributed by atoms with van der Waals surface area (Å²) in [6, 6.07) is 14.1. The lowest BCUT2D eigenvalue weighted by Gasteiger charge is -2.17. The molecule has 3 rings (SSSR count). The van der Waals surface area contributed by atoms with E-state index in [2.05, 4.69) is 0 Å². The van der Waals surface area contributed by atoms with Gasteiger partial charge in [-0.15, -0.1) is 0 Å². The molecule has 0 saturated heterocycles. The van der Waals surface area contributed by atoms with Crippen LogP contribution in [-0.2, 0) is 14.3 Å². The highest BCUT2D eigenvalue weighted by atomic mass is 16.5. The maximum atomic E-state index is 12.4. The van der Waals surface area contributed by atoms with Gasteiger partial charge in [0.1, 0.15) is 0 Å². The Morgan fingerprint density at radius 1 is 1.12 bits per heavy atom. The molecule has 5 heteroatoms. The Morgan fingerprint density at radius 2 is 1.83 bits per heavy atom. The minimum Gasteiger partial charge on any atom is -0.466 e. The maximum Gasteiger partial charge on any atom is 0.313 e. The number of esters is 1. The van der Waals surface area contributed by atoms with Crippen LogP contribution in [0, 0.1) is 0 Å². The summed E-state index contributed by atoms with van der Waals surface area (Å²) >= 11 is 0. The molecule has 2 aromatic rings. The number of ketones is 1. The molecular weight excluding hydrogens is 306 g/mol. The van der Waals surface area contributed by atoms with Crippen LogP contribution in [0.1, 0.15) is 35.7 Å². The number of carbonyl (C=O) groups excluding carboxylic acids is 3. The fourth-order valence-corrected chi connectivity index (χ4v) is 2.76. The van der Waals surface area contributed by atoms with Crippen molar-refractivity contribution in [1.29, 1.82) is 0 Å². The molecule has 1 aliphatic rings. The summed E-state index contributed by atoms with van der Waals surface area (Å²) in [5, 5.41) is 0. The summed E-state index contributed by atoms with van der Waals surface area (Å²) in [7, 11) is 0. The second-order valence-electron chi connectivity index (χ2n) is 5.56. The van der Waals surface area contributed by atoms with E-state index in [0.717, 1.165) is 0 Å². The molecule has 24 heavy (non-hydrogen) atoms. The minimum atomic E-state index is -0.586. The Hall–Kier alpha value is -2.95. The molecule has 0 saturated carbocycles. The number of para-hydroxylation sites is 1. The van der Waals surface area contributed by atoms with E-state index >= 15 is 0 Å². The van der Waals surface area contributed by atoms with Crippen molar-refractivity contribution in [2.75, 3.05) is 11.5 Å². The largest absolute Gasteiger partial charge is 0.466 e. The predicted octanol–water partition coefficient (Wildman–Crippen LogP) is 3.21. The molecule has 0 bridgehead atoms. The zero-order chi connectivity index (χ0) is 17.3. The number of nitrogens with zero attached hydrogens (tertiary/aromatic N) is 1. The Kier molecular flexibility index (Phi) is 4.16. The van der Waals surface area contributed by atoms with Gasteiger partial charge >= 0.3 is 11.9 Å². The van der Waals surface area contributed by atoms with Crippen molar-refractivity contribution in [3.05, 3.63) is 59.7 Å². The maximum absolute atomic E-state index is 12.4. The second-order valence-corrected chi connectivity index (χ2v) is 5.56. The van der Waals surface area contributed by atoms with E-state index in [1.807, 2.05) is 18.2 Å². The normalized spacial score (nSPS) is 14.5. The molecule has 5 nitrogen and oxygen atoms in total. The van der Waals surface area contributed by atoms with E-state index in [-0.39, 0.29) is 5.97 Å². The lowest BCUT2D eigenvalue weighted by atomic mass is 9.97. The van der Waals surface area contributed by atoms with Gasteiger partial charge in [0.05, 0.1) is 23.8 Å². The molecule has 0 aliphatic carbocycles. The van der Waals surface area contributed by atoms with Crippen molar-refractivity contribution in [3.8, 4) is 0 Å². The number of amides is 1. The standard InChI is InChI=1S/C19H17NO4/c1-3-24-19(23)12(2)13-9-10-16-15(11-13)17(21)18(22)20(16)14-7-5-4-6-8-14/h4-12H,3H2,1-2H3. The van der Waals surface area contributed by atoms with Crippen molar-refractivity contribution >= 4 is 29.0 Å². The molecule has 0 N–H and O–H groups in total. The van der Waals surface area contributed by atoms with Gasteiger partial charge in [0, 0.05) is 5.69 Å². The highest BCUT2D eigenvalue weighted by molar-refractivity contribution is 6.53. The number of hydrogen-bond donors (Lipinski definition) is 0. The van der Waals surface area contributed by atoms with E-state index in [9.17, 15) is 14.4 Å². The monoisotopic (exact) mass is 323 g/mol. The van der Waals surface area contributed by atoms with Gasteiger partial charge in [-0.25, -0.2) is 0 Å². The van der Waals surface area contributed by atoms with Crippen molar-refractivity contribution in [1.82, 2.24) is 0 Å². The molecule has 0 spiro atoms. The van der Waals surface area contributed by atoms with Gasteiger partial charge in [-0.05, 0) is 43.7 Å². The molecule has 1 atom stereocenters. The molecule has 1 amide bonds. The third-order valence-electron chi connectivity index (χ3n) is 4.06. The fraction of sp³-hybridized carbons (Fsp3) is 0.211. The van der Waals surface area contributed by atoms with Crippen LogP contribution in [0.3, 0.4) is 0 Å². The van der Waals surface area contributed by atoms with E-state index in [1.54, 1.807) is 44.2 Å². The van der Waals surface area contributed by atoms with Gasteiger partial charge in [0.2, 0.25) is 0 Å². The number of ether oxygens (including phenoxy) is 1. The Bertz CT molecular complexity index is 813. The summed E-state index contributed by atoms with van der Waals surface area (Å²) < 4.78 is 5.01. The lowest BCUT2D eigenvalue weighted by molar-refractivity contribution is -0.144. The van der Waals surface area contributed by atoms with Crippen molar-refractivity contribution in [2.24, 2.45) is 0 Å². The van der Waals surface area contributed by atoms with Gasteiger partial charge in [-0.2, -0.15) is 0 Å². The third kappa shape index (κ3) is 2.58. The van der Waals surface area contributed by atoms with Gasteiger partial charge < -0.3 is 4.74 Å². The van der Waals surface area contributed by atoms with E-state index in [4.69, 9.17) is 4.74 Å². The quantitative estimate of drug-likeness (QED) is 0.640. The number of Topliss-reactive ketones (excluding diaryl/α,β-unsaturated/α-hetero) is 1. The summed E-state index contributed by atoms with van der Waals surface area (Å²) in [4.78, 5) is 38.0. The Balaban J connectivity index is 2.01. The molecule has 0 fully saturated rings. The predicted molar refractivity (Wildman–Crippen MR) is 89.4 cm³/mol. The van der Waals surface area contributed by atoms with Gasteiger partial charge in [0.15, 0.2) is 0 Å². The first kappa shape index (κ1) is 15.9. The Labute approximate surface area is 139 Å². The van der Waals surface area contributed by atoms with Crippen molar-refractivity contribution < 1.29 is 19.1 Å². The molecule has 1 aliphatic heterocycles. The SMILES string of the molecule is CCOC(=O)C(C)c1ccc2c(c1)C(=O)C(=O)N2c1ccccc1. The summed E-state index contributed by atoms with van der Waals surface area (Å²) in [6.45, 7) is 3.76. The van der Waals surface area contributed by atoms with Gasteiger partial charge in [-0.1, -0.05) is 24.3 Å². The van der Waals surface area contributed by atoms with E-state index in [0.29, 0.717) is 29.1 Å². The van der Waals surface area contributed by atoms with Crippen LogP contribution < -0.4 is 4.90 Å². The van der Waals surface area contributed by atoms with Crippen LogP contribution in [0.15, 0.2) is 48.5 Å². The molecule has 1 heterocycles. The number of carbonyl (C=O) groups is 3. The first-order chi connectivity index (χ1) is 11.5. The van der Waals surface area contributed by atoms with Gasteiger partial charge in [0.25, 0.3) is 5.78 Å². The summed E-state index contributed by atoms with van der Waals surface area (Å²) in [5.41, 5.74) is 2.15. The molecular formula is C19H17NO4. The highest BCUT2D eigenvalue weighted by Gasteiger charge is 2.37. The highest BCUT2D eigenvalue weighted by Crippen LogP contribution is 2.36. The number of fused-ring (bicyclic) bond motifs is 1. The first-order valence-electron chi connectivity index (χ1n) is 7.79. The van der Waals surface area contributed by atoms with E-state index < -0.39 is 17.6 Å². The summed E-state index contributed by atoms with van der Waals surface area (Å²) in [5.74, 6) is -2.00. The molecule has 122 valence electrons. The smallest absolute Gasteiger partial charge is 0.313 e. The zero-order valence-electron chi connectivity index (χ0n) is 13.5. The van der Waals surface area contributed by atoms with Crippen LogP contribution in [0.4, 0.5) is 11.4 Å². The average molecular weight is 323 g/mol. The number of anilines is 2. The van der Waals surface area contributed by atoms with Crippen molar-refractivity contribution in [2.45, 2.75) is 19.8 Å². The minimum absolute atomic E-state index is 0.299. The Morgan fingerprint density at radius 3 is 2.50 bits per heavy atom. The van der Waals surface area contributed by atoms with Crippen LogP contribution >= 0.6 is 0 Å². The molecule has 0 radical (unpaired) electrons.